The first-order chi connectivity index (χ1) is 12.2. The van der Waals surface area contributed by atoms with Crippen molar-refractivity contribution in [2.75, 3.05) is 13.1 Å². The van der Waals surface area contributed by atoms with Crippen LogP contribution in [0.5, 0.6) is 0 Å². The summed E-state index contributed by atoms with van der Waals surface area (Å²) in [6.45, 7) is 1.57. The van der Waals surface area contributed by atoms with Crippen molar-refractivity contribution in [3.05, 3.63) is 71.8 Å². The van der Waals surface area contributed by atoms with Crippen LogP contribution in [0.25, 0.3) is 0 Å². The number of amides is 1. The molecule has 0 N–H and O–H groups in total. The van der Waals surface area contributed by atoms with Gasteiger partial charge in [-0.15, -0.1) is 0 Å². The number of Topliss-reactive ketones (excluding diaryl/α,β-unsaturated/α-hetero) is 1. The Labute approximate surface area is 149 Å². The van der Waals surface area contributed by atoms with Crippen LogP contribution >= 0.6 is 0 Å². The fourth-order valence-corrected chi connectivity index (χ4v) is 3.51. The maximum atomic E-state index is 12.6. The molecule has 1 unspecified atom stereocenters. The Kier molecular flexibility index (Phi) is 5.99. The fourth-order valence-electron chi connectivity index (χ4n) is 3.51. The summed E-state index contributed by atoms with van der Waals surface area (Å²) >= 11 is 0. The van der Waals surface area contributed by atoms with Crippen LogP contribution in [0.1, 0.15) is 53.9 Å². The smallest absolute Gasteiger partial charge is 0.223 e. The SMILES string of the molecule is O=C(CCC(=O)N1CCCCC(c2ccccc2)C1)c1ccccc1. The predicted molar refractivity (Wildman–Crippen MR) is 99.6 cm³/mol. The minimum atomic E-state index is 0.0448. The second-order valence-electron chi connectivity index (χ2n) is 6.73. The first-order valence-electron chi connectivity index (χ1n) is 9.15. The lowest BCUT2D eigenvalue weighted by Gasteiger charge is -2.25. The Morgan fingerprint density at radius 2 is 1.56 bits per heavy atom. The lowest BCUT2D eigenvalue weighted by atomic mass is 9.94. The third-order valence-electron chi connectivity index (χ3n) is 4.96. The molecule has 1 atom stereocenters. The molecule has 1 saturated heterocycles. The Morgan fingerprint density at radius 3 is 2.28 bits per heavy atom. The summed E-state index contributed by atoms with van der Waals surface area (Å²) in [5, 5.41) is 0. The highest BCUT2D eigenvalue weighted by molar-refractivity contribution is 5.97. The zero-order valence-electron chi connectivity index (χ0n) is 14.6. The molecular weight excluding hydrogens is 310 g/mol. The van der Waals surface area contributed by atoms with E-state index in [9.17, 15) is 9.59 Å². The quantitative estimate of drug-likeness (QED) is 0.757. The first-order valence-corrected chi connectivity index (χ1v) is 9.15. The third kappa shape index (κ3) is 4.79. The van der Waals surface area contributed by atoms with E-state index in [1.165, 1.54) is 5.56 Å². The number of nitrogens with zero attached hydrogens (tertiary/aromatic N) is 1. The summed E-state index contributed by atoms with van der Waals surface area (Å²) in [4.78, 5) is 26.8. The molecule has 0 spiro atoms. The molecular formula is C22H25NO2. The van der Waals surface area contributed by atoms with E-state index in [-0.39, 0.29) is 18.1 Å². The number of hydrogen-bond acceptors (Lipinski definition) is 2. The monoisotopic (exact) mass is 335 g/mol. The molecule has 0 aromatic heterocycles. The van der Waals surface area contributed by atoms with Crippen LogP contribution in [0.2, 0.25) is 0 Å². The molecule has 1 amide bonds. The second-order valence-corrected chi connectivity index (χ2v) is 6.73. The van der Waals surface area contributed by atoms with Crippen molar-refractivity contribution < 1.29 is 9.59 Å². The van der Waals surface area contributed by atoms with Gasteiger partial charge in [-0.3, -0.25) is 9.59 Å². The predicted octanol–water partition coefficient (Wildman–Crippen LogP) is 4.45. The van der Waals surface area contributed by atoms with Crippen molar-refractivity contribution in [1.29, 1.82) is 0 Å². The summed E-state index contributed by atoms with van der Waals surface area (Å²) in [7, 11) is 0. The van der Waals surface area contributed by atoms with Gasteiger partial charge in [-0.05, 0) is 18.4 Å². The van der Waals surface area contributed by atoms with Gasteiger partial charge in [0, 0.05) is 37.4 Å². The van der Waals surface area contributed by atoms with Crippen molar-refractivity contribution >= 4 is 11.7 Å². The van der Waals surface area contributed by atoms with Gasteiger partial charge in [0.05, 0.1) is 0 Å². The van der Waals surface area contributed by atoms with Crippen molar-refractivity contribution in [1.82, 2.24) is 4.90 Å². The van der Waals surface area contributed by atoms with Crippen LogP contribution in [-0.2, 0) is 4.79 Å². The first kappa shape index (κ1) is 17.4. The number of ketones is 1. The van der Waals surface area contributed by atoms with E-state index in [4.69, 9.17) is 0 Å². The zero-order chi connectivity index (χ0) is 17.5. The van der Waals surface area contributed by atoms with Gasteiger partial charge in [-0.25, -0.2) is 0 Å². The number of likely N-dealkylation sites (tertiary alicyclic amines) is 1. The summed E-state index contributed by atoms with van der Waals surface area (Å²) < 4.78 is 0. The second kappa shape index (κ2) is 8.61. The van der Waals surface area contributed by atoms with E-state index in [0.717, 1.165) is 32.4 Å². The Bertz CT molecular complexity index is 696. The zero-order valence-corrected chi connectivity index (χ0v) is 14.6. The molecule has 3 rings (SSSR count). The van der Waals surface area contributed by atoms with Gasteiger partial charge in [0.1, 0.15) is 0 Å². The van der Waals surface area contributed by atoms with Crippen LogP contribution in [0.3, 0.4) is 0 Å². The van der Waals surface area contributed by atoms with Gasteiger partial charge < -0.3 is 4.90 Å². The maximum absolute atomic E-state index is 12.6. The lowest BCUT2D eigenvalue weighted by Crippen LogP contribution is -2.34. The average molecular weight is 335 g/mol. The Morgan fingerprint density at radius 1 is 0.880 bits per heavy atom. The van der Waals surface area contributed by atoms with Crippen molar-refractivity contribution in [2.45, 2.75) is 38.0 Å². The van der Waals surface area contributed by atoms with Gasteiger partial charge in [0.25, 0.3) is 0 Å². The number of hydrogen-bond donors (Lipinski definition) is 0. The van der Waals surface area contributed by atoms with E-state index in [1.54, 1.807) is 0 Å². The minimum absolute atomic E-state index is 0.0448. The van der Waals surface area contributed by atoms with Crippen LogP contribution in [-0.4, -0.2) is 29.7 Å². The molecule has 2 aromatic carbocycles. The van der Waals surface area contributed by atoms with Crippen LogP contribution in [0.15, 0.2) is 60.7 Å². The maximum Gasteiger partial charge on any atom is 0.223 e. The van der Waals surface area contributed by atoms with Crippen LogP contribution in [0, 0.1) is 0 Å². The highest BCUT2D eigenvalue weighted by Crippen LogP contribution is 2.26. The molecule has 1 heterocycles. The molecule has 3 heteroatoms. The molecule has 2 aromatic rings. The van der Waals surface area contributed by atoms with Crippen molar-refractivity contribution in [2.24, 2.45) is 0 Å². The molecule has 130 valence electrons. The van der Waals surface area contributed by atoms with E-state index in [0.29, 0.717) is 17.9 Å². The third-order valence-corrected chi connectivity index (χ3v) is 4.96. The summed E-state index contributed by atoms with van der Waals surface area (Å²) in [5.74, 6) is 0.549. The van der Waals surface area contributed by atoms with Crippen LogP contribution < -0.4 is 0 Å². The highest BCUT2D eigenvalue weighted by Gasteiger charge is 2.23. The van der Waals surface area contributed by atoms with E-state index in [1.807, 2.05) is 41.3 Å². The molecule has 1 fully saturated rings. The minimum Gasteiger partial charge on any atom is -0.342 e. The summed E-state index contributed by atoms with van der Waals surface area (Å²) in [6.07, 6.45) is 3.90. The lowest BCUT2D eigenvalue weighted by molar-refractivity contribution is -0.131. The molecule has 0 saturated carbocycles. The standard InChI is InChI=1S/C22H25NO2/c24-21(19-11-5-2-6-12-19)14-15-22(25)23-16-8-7-13-20(17-23)18-9-3-1-4-10-18/h1-6,9-12,20H,7-8,13-17H2. The van der Waals surface area contributed by atoms with E-state index >= 15 is 0 Å². The summed E-state index contributed by atoms with van der Waals surface area (Å²) in [5.41, 5.74) is 2.00. The highest BCUT2D eigenvalue weighted by atomic mass is 16.2. The molecule has 1 aliphatic heterocycles. The molecule has 1 aliphatic rings. The van der Waals surface area contributed by atoms with Crippen molar-refractivity contribution in [3.63, 3.8) is 0 Å². The van der Waals surface area contributed by atoms with Gasteiger partial charge >= 0.3 is 0 Å². The molecule has 25 heavy (non-hydrogen) atoms. The number of rotatable bonds is 5. The average Bonchev–Trinajstić information content (AvgIpc) is 2.93. The van der Waals surface area contributed by atoms with Gasteiger partial charge in [-0.1, -0.05) is 67.1 Å². The largest absolute Gasteiger partial charge is 0.342 e. The fraction of sp³-hybridized carbons (Fsp3) is 0.364. The normalized spacial score (nSPS) is 17.8. The van der Waals surface area contributed by atoms with Crippen LogP contribution in [0.4, 0.5) is 0 Å². The molecule has 0 radical (unpaired) electrons. The molecule has 3 nitrogen and oxygen atoms in total. The van der Waals surface area contributed by atoms with Gasteiger partial charge in [0.15, 0.2) is 5.78 Å². The van der Waals surface area contributed by atoms with Crippen molar-refractivity contribution in [3.8, 4) is 0 Å². The number of carbonyl (C=O) groups is 2. The van der Waals surface area contributed by atoms with E-state index in [2.05, 4.69) is 24.3 Å². The van der Waals surface area contributed by atoms with Gasteiger partial charge in [0.2, 0.25) is 5.91 Å². The topological polar surface area (TPSA) is 37.4 Å². The number of carbonyl (C=O) groups excluding carboxylic acids is 2. The Hall–Kier alpha value is -2.42. The van der Waals surface area contributed by atoms with Gasteiger partial charge in [-0.2, -0.15) is 0 Å². The molecule has 0 aliphatic carbocycles. The Balaban J connectivity index is 1.58. The van der Waals surface area contributed by atoms with E-state index < -0.39 is 0 Å². The molecule has 0 bridgehead atoms. The summed E-state index contributed by atoms with van der Waals surface area (Å²) in [6, 6.07) is 19.7. The number of benzene rings is 2.